The van der Waals surface area contributed by atoms with Gasteiger partial charge >= 0.3 is 0 Å². The number of carbonyl (C=O) groups excluding carboxylic acids is 2. The van der Waals surface area contributed by atoms with Gasteiger partial charge in [0.1, 0.15) is 6.04 Å². The van der Waals surface area contributed by atoms with Gasteiger partial charge < -0.3 is 10.2 Å². The summed E-state index contributed by atoms with van der Waals surface area (Å²) >= 11 is 0. The number of hydrogen-bond acceptors (Lipinski definition) is 2. The molecule has 0 saturated heterocycles. The van der Waals surface area contributed by atoms with E-state index < -0.39 is 6.04 Å². The van der Waals surface area contributed by atoms with Crippen molar-refractivity contribution in [2.24, 2.45) is 0 Å². The van der Waals surface area contributed by atoms with E-state index in [0.29, 0.717) is 32.4 Å². The number of benzene rings is 2. The van der Waals surface area contributed by atoms with Crippen LogP contribution in [0, 0.1) is 6.92 Å². The Hall–Kier alpha value is -2.62. The molecule has 0 aromatic heterocycles. The van der Waals surface area contributed by atoms with Gasteiger partial charge in [-0.05, 0) is 49.8 Å². The molecule has 4 nitrogen and oxygen atoms in total. The standard InChI is InChI=1S/C25H34N2O2/c1-5-20-12-14-21(15-13-20)16-17-24(28)27(23(6-2)25(29)26-7-3)18-22-10-8-19(4)9-11-22/h8-15,23H,5-7,16-18H2,1-4H3,(H,26,29)/t23-/m0/s1. The molecule has 29 heavy (non-hydrogen) atoms. The smallest absolute Gasteiger partial charge is 0.242 e. The van der Waals surface area contributed by atoms with Crippen molar-refractivity contribution < 1.29 is 9.59 Å². The molecule has 0 heterocycles. The lowest BCUT2D eigenvalue weighted by Gasteiger charge is -2.30. The molecule has 0 radical (unpaired) electrons. The third kappa shape index (κ3) is 6.74. The zero-order chi connectivity index (χ0) is 21.2. The molecule has 1 N–H and O–H groups in total. The van der Waals surface area contributed by atoms with Crippen LogP contribution in [-0.2, 0) is 29.0 Å². The van der Waals surface area contributed by atoms with Gasteiger partial charge in [-0.25, -0.2) is 0 Å². The Morgan fingerprint density at radius 1 is 0.897 bits per heavy atom. The first-order valence-electron chi connectivity index (χ1n) is 10.7. The molecule has 0 unspecified atom stereocenters. The highest BCUT2D eigenvalue weighted by Crippen LogP contribution is 2.16. The van der Waals surface area contributed by atoms with Gasteiger partial charge in [-0.15, -0.1) is 0 Å². The van der Waals surface area contributed by atoms with Crippen molar-refractivity contribution in [3.05, 3.63) is 70.8 Å². The minimum atomic E-state index is -0.453. The Labute approximate surface area is 175 Å². The average molecular weight is 395 g/mol. The molecule has 0 fully saturated rings. The van der Waals surface area contributed by atoms with Crippen molar-refractivity contribution in [3.63, 3.8) is 0 Å². The summed E-state index contributed by atoms with van der Waals surface area (Å²) in [6, 6.07) is 16.1. The first-order chi connectivity index (χ1) is 14.0. The number of amides is 2. The maximum atomic E-state index is 13.2. The van der Waals surface area contributed by atoms with Crippen LogP contribution in [0.1, 0.15) is 55.9 Å². The Morgan fingerprint density at radius 2 is 1.48 bits per heavy atom. The van der Waals surface area contributed by atoms with Crippen LogP contribution in [0.3, 0.4) is 0 Å². The maximum Gasteiger partial charge on any atom is 0.242 e. The number of likely N-dealkylation sites (N-methyl/N-ethyl adjacent to an activating group) is 1. The van der Waals surface area contributed by atoms with Crippen LogP contribution in [0.25, 0.3) is 0 Å². The summed E-state index contributed by atoms with van der Waals surface area (Å²) in [7, 11) is 0. The highest BCUT2D eigenvalue weighted by atomic mass is 16.2. The molecule has 2 rings (SSSR count). The van der Waals surface area contributed by atoms with Gasteiger partial charge in [0.2, 0.25) is 11.8 Å². The number of nitrogens with one attached hydrogen (secondary N) is 1. The van der Waals surface area contributed by atoms with E-state index in [4.69, 9.17) is 0 Å². The first kappa shape index (κ1) is 22.7. The van der Waals surface area contributed by atoms with Crippen LogP contribution < -0.4 is 5.32 Å². The predicted molar refractivity (Wildman–Crippen MR) is 119 cm³/mol. The molecular formula is C25H34N2O2. The summed E-state index contributed by atoms with van der Waals surface area (Å²) in [5, 5.41) is 2.88. The fourth-order valence-electron chi connectivity index (χ4n) is 3.44. The minimum absolute atomic E-state index is 0.0169. The third-order valence-corrected chi connectivity index (χ3v) is 5.27. The van der Waals surface area contributed by atoms with Crippen molar-refractivity contribution >= 4 is 11.8 Å². The van der Waals surface area contributed by atoms with Gasteiger partial charge in [-0.3, -0.25) is 9.59 Å². The number of rotatable bonds is 10. The quantitative estimate of drug-likeness (QED) is 0.648. The van der Waals surface area contributed by atoms with Gasteiger partial charge in [0.15, 0.2) is 0 Å². The fraction of sp³-hybridized carbons (Fsp3) is 0.440. The van der Waals surface area contributed by atoms with E-state index in [0.717, 1.165) is 17.5 Å². The molecule has 2 aromatic rings. The van der Waals surface area contributed by atoms with Crippen molar-refractivity contribution in [3.8, 4) is 0 Å². The van der Waals surface area contributed by atoms with E-state index in [9.17, 15) is 9.59 Å². The minimum Gasteiger partial charge on any atom is -0.355 e. The maximum absolute atomic E-state index is 13.2. The van der Waals surface area contributed by atoms with Gasteiger partial charge in [0.05, 0.1) is 0 Å². The molecule has 156 valence electrons. The predicted octanol–water partition coefficient (Wildman–Crippen LogP) is 4.43. The third-order valence-electron chi connectivity index (χ3n) is 5.27. The van der Waals surface area contributed by atoms with Gasteiger partial charge in [0.25, 0.3) is 0 Å². The lowest BCUT2D eigenvalue weighted by Crippen LogP contribution is -2.49. The molecule has 0 aliphatic heterocycles. The topological polar surface area (TPSA) is 49.4 Å². The SMILES string of the molecule is CCNC(=O)[C@H](CC)N(Cc1ccc(C)cc1)C(=O)CCc1ccc(CC)cc1. The van der Waals surface area contributed by atoms with Gasteiger partial charge in [-0.2, -0.15) is 0 Å². The molecule has 2 aromatic carbocycles. The molecule has 0 spiro atoms. The Morgan fingerprint density at radius 3 is 2.03 bits per heavy atom. The summed E-state index contributed by atoms with van der Waals surface area (Å²) in [6.45, 7) is 9.04. The molecule has 2 amide bonds. The van der Waals surface area contributed by atoms with Crippen molar-refractivity contribution in [1.82, 2.24) is 10.2 Å². The second kappa shape index (κ2) is 11.4. The van der Waals surface area contributed by atoms with Crippen molar-refractivity contribution in [1.29, 1.82) is 0 Å². The largest absolute Gasteiger partial charge is 0.355 e. The van der Waals surface area contributed by atoms with E-state index in [1.54, 1.807) is 4.90 Å². The van der Waals surface area contributed by atoms with Crippen molar-refractivity contribution in [2.75, 3.05) is 6.54 Å². The number of aryl methyl sites for hydroxylation is 3. The van der Waals surface area contributed by atoms with Crippen LogP contribution in [0.5, 0.6) is 0 Å². The zero-order valence-corrected chi connectivity index (χ0v) is 18.2. The second-order valence-electron chi connectivity index (χ2n) is 7.50. The molecular weight excluding hydrogens is 360 g/mol. The lowest BCUT2D eigenvalue weighted by atomic mass is 10.0. The summed E-state index contributed by atoms with van der Waals surface area (Å²) < 4.78 is 0. The van der Waals surface area contributed by atoms with Crippen LogP contribution >= 0.6 is 0 Å². The Bertz CT molecular complexity index is 781. The molecule has 0 aliphatic rings. The zero-order valence-electron chi connectivity index (χ0n) is 18.2. The summed E-state index contributed by atoms with van der Waals surface area (Å²) in [4.78, 5) is 27.5. The molecule has 0 bridgehead atoms. The summed E-state index contributed by atoms with van der Waals surface area (Å²) in [5.74, 6) is -0.0639. The van der Waals surface area contributed by atoms with E-state index in [-0.39, 0.29) is 11.8 Å². The second-order valence-corrected chi connectivity index (χ2v) is 7.50. The fourth-order valence-corrected chi connectivity index (χ4v) is 3.44. The highest BCUT2D eigenvalue weighted by molar-refractivity contribution is 5.87. The van der Waals surface area contributed by atoms with E-state index in [1.165, 1.54) is 11.1 Å². The Kier molecular flexibility index (Phi) is 8.91. The number of nitrogens with zero attached hydrogens (tertiary/aromatic N) is 1. The summed E-state index contributed by atoms with van der Waals surface area (Å²) in [6.07, 6.45) is 2.68. The number of carbonyl (C=O) groups is 2. The summed E-state index contributed by atoms with van der Waals surface area (Å²) in [5.41, 5.74) is 4.66. The lowest BCUT2D eigenvalue weighted by molar-refractivity contribution is -0.141. The van der Waals surface area contributed by atoms with Crippen LogP contribution in [0.4, 0.5) is 0 Å². The van der Waals surface area contributed by atoms with Gasteiger partial charge in [0, 0.05) is 19.5 Å². The number of hydrogen-bond donors (Lipinski definition) is 1. The Balaban J connectivity index is 2.15. The molecule has 1 atom stereocenters. The van der Waals surface area contributed by atoms with E-state index in [2.05, 4.69) is 36.5 Å². The molecule has 0 saturated carbocycles. The van der Waals surface area contributed by atoms with Gasteiger partial charge in [-0.1, -0.05) is 67.9 Å². The van der Waals surface area contributed by atoms with Crippen LogP contribution in [-0.4, -0.2) is 29.3 Å². The molecule has 4 heteroatoms. The van der Waals surface area contributed by atoms with Crippen LogP contribution in [0.15, 0.2) is 48.5 Å². The van der Waals surface area contributed by atoms with Crippen molar-refractivity contribution in [2.45, 2.75) is 66.0 Å². The van der Waals surface area contributed by atoms with Crippen LogP contribution in [0.2, 0.25) is 0 Å². The monoisotopic (exact) mass is 394 g/mol. The van der Waals surface area contributed by atoms with E-state index >= 15 is 0 Å². The van der Waals surface area contributed by atoms with E-state index in [1.807, 2.05) is 45.0 Å². The highest BCUT2D eigenvalue weighted by Gasteiger charge is 2.28. The average Bonchev–Trinajstić information content (AvgIpc) is 2.73. The molecule has 0 aliphatic carbocycles. The first-order valence-corrected chi connectivity index (χ1v) is 10.7. The normalized spacial score (nSPS) is 11.7.